The third-order valence-electron chi connectivity index (χ3n) is 11.1. The Morgan fingerprint density at radius 1 is 0.701 bits per heavy atom. The fourth-order valence-electron chi connectivity index (χ4n) is 8.23. The van der Waals surface area contributed by atoms with Crippen molar-refractivity contribution in [2.75, 3.05) is 6.61 Å². The molecule has 0 saturated carbocycles. The van der Waals surface area contributed by atoms with Gasteiger partial charge in [0, 0.05) is 24.6 Å². The molecule has 15 nitrogen and oxygen atoms in total. The molecule has 0 aliphatic rings. The van der Waals surface area contributed by atoms with Crippen LogP contribution in [0.1, 0.15) is 46.5 Å². The number of non-ortho nitro benzene ring substituents is 1. The number of nitro benzene ring substituents is 1. The predicted molar refractivity (Wildman–Crippen MR) is 248 cm³/mol. The van der Waals surface area contributed by atoms with Crippen molar-refractivity contribution in [3.63, 3.8) is 0 Å². The van der Waals surface area contributed by atoms with E-state index < -0.39 is 28.9 Å². The minimum absolute atomic E-state index is 0.0119. The number of para-hydroxylation sites is 1. The summed E-state index contributed by atoms with van der Waals surface area (Å²) in [6, 6.07) is 57.1. The molecule has 0 radical (unpaired) electrons. The molecule has 9 aromatic rings. The molecule has 0 spiro atoms. The molecule has 1 unspecified atom stereocenters. The van der Waals surface area contributed by atoms with E-state index in [4.69, 9.17) is 34.2 Å². The average molecular weight is 892 g/mol. The highest BCUT2D eigenvalue weighted by Crippen LogP contribution is 2.43. The van der Waals surface area contributed by atoms with Crippen molar-refractivity contribution in [3.8, 4) is 34.3 Å². The lowest BCUT2D eigenvalue weighted by atomic mass is 9.77. The second kappa shape index (κ2) is 19.0. The molecule has 0 fully saturated rings. The van der Waals surface area contributed by atoms with Crippen molar-refractivity contribution in [3.05, 3.63) is 220 Å². The van der Waals surface area contributed by atoms with Crippen molar-refractivity contribution in [2.24, 2.45) is 0 Å². The van der Waals surface area contributed by atoms with Gasteiger partial charge in [-0.05, 0) is 75.0 Å². The number of ether oxygens (including phenoxy) is 4. The number of fused-ring (bicyclic) bond motifs is 1. The van der Waals surface area contributed by atoms with Gasteiger partial charge in [-0.3, -0.25) is 14.7 Å². The number of carbonyl (C=O) groups excluding carboxylic acids is 2. The quantitative estimate of drug-likeness (QED) is 0.0238. The molecule has 0 aliphatic heterocycles. The molecule has 67 heavy (non-hydrogen) atoms. The molecule has 9 rings (SSSR count). The Kier molecular flexibility index (Phi) is 12.3. The van der Waals surface area contributed by atoms with Crippen LogP contribution in [0.15, 0.2) is 182 Å². The Morgan fingerprint density at radius 2 is 1.30 bits per heavy atom. The summed E-state index contributed by atoms with van der Waals surface area (Å²) >= 11 is 0. The second-order valence-corrected chi connectivity index (χ2v) is 15.2. The zero-order valence-electron chi connectivity index (χ0n) is 36.2. The fourth-order valence-corrected chi connectivity index (χ4v) is 8.23. The molecule has 0 bridgehead atoms. The Labute approximate surface area is 383 Å². The van der Waals surface area contributed by atoms with Crippen LogP contribution in [-0.2, 0) is 21.6 Å². The van der Waals surface area contributed by atoms with E-state index in [2.05, 4.69) is 41.6 Å². The number of aromatic nitrogens is 6. The number of hydrogen-bond donors (Lipinski definition) is 0. The van der Waals surface area contributed by atoms with Crippen LogP contribution in [0.4, 0.5) is 10.5 Å². The molecule has 15 heteroatoms. The first-order valence-corrected chi connectivity index (χ1v) is 21.3. The fraction of sp³-hybridized carbons (Fsp3) is 0.115. The third kappa shape index (κ3) is 8.68. The zero-order valence-corrected chi connectivity index (χ0v) is 36.2. The van der Waals surface area contributed by atoms with Gasteiger partial charge in [0.15, 0.2) is 5.82 Å². The van der Waals surface area contributed by atoms with E-state index in [0.29, 0.717) is 29.5 Å². The van der Waals surface area contributed by atoms with Gasteiger partial charge in [-0.15, -0.1) is 5.10 Å². The average Bonchev–Trinajstić information content (AvgIpc) is 3.98. The van der Waals surface area contributed by atoms with Gasteiger partial charge in [0.25, 0.3) is 11.7 Å². The van der Waals surface area contributed by atoms with E-state index in [1.54, 1.807) is 22.8 Å². The molecule has 0 aliphatic carbocycles. The van der Waals surface area contributed by atoms with Gasteiger partial charge in [0.1, 0.15) is 11.3 Å². The highest BCUT2D eigenvalue weighted by molar-refractivity contribution is 6.02. The molecule has 1 atom stereocenters. The number of esters is 1. The Bertz CT molecular complexity index is 3080. The summed E-state index contributed by atoms with van der Waals surface area (Å²) in [6.07, 6.45) is -2.53. The normalized spacial score (nSPS) is 11.7. The monoisotopic (exact) mass is 891 g/mol. The number of tetrazole rings is 1. The molecule has 2 heterocycles. The summed E-state index contributed by atoms with van der Waals surface area (Å²) in [5, 5.41) is 24.8. The van der Waals surface area contributed by atoms with Crippen molar-refractivity contribution >= 4 is 28.8 Å². The molecule has 0 N–H and O–H groups in total. The van der Waals surface area contributed by atoms with Crippen LogP contribution in [0.2, 0.25) is 0 Å². The van der Waals surface area contributed by atoms with Gasteiger partial charge in [-0.2, -0.15) is 4.98 Å². The van der Waals surface area contributed by atoms with Crippen LogP contribution in [0.3, 0.4) is 0 Å². The molecule has 7 aromatic carbocycles. The molecule has 2 aromatic heterocycles. The molecular formula is C52H41N7O8. The second-order valence-electron chi connectivity index (χ2n) is 15.2. The van der Waals surface area contributed by atoms with E-state index >= 15 is 0 Å². The van der Waals surface area contributed by atoms with Gasteiger partial charge < -0.3 is 18.9 Å². The molecule has 332 valence electrons. The topological polar surface area (TPSA) is 176 Å². The summed E-state index contributed by atoms with van der Waals surface area (Å²) in [7, 11) is 0. The number of imidazole rings is 1. The SMILES string of the molecule is CCOc1nc2cccc(C(=O)OC(C)OC(=O)Oc3ccc([N+](=O)[O-])cc3)c2n1Cc1ccc(-c2ccccc2-c2nnnn2C(c2ccccc2)(c2ccccc2)c2ccccc2)cc1. The number of nitro groups is 1. The summed E-state index contributed by atoms with van der Waals surface area (Å²) in [5.74, 6) is -0.198. The Morgan fingerprint density at radius 3 is 1.90 bits per heavy atom. The Hall–Kier alpha value is -8.98. The lowest BCUT2D eigenvalue weighted by Gasteiger charge is -2.36. The van der Waals surface area contributed by atoms with E-state index in [1.165, 1.54) is 31.2 Å². The van der Waals surface area contributed by atoms with Crippen LogP contribution < -0.4 is 9.47 Å². The lowest BCUT2D eigenvalue weighted by Crippen LogP contribution is -2.39. The van der Waals surface area contributed by atoms with Gasteiger partial charge in [0.2, 0.25) is 6.29 Å². The predicted octanol–water partition coefficient (Wildman–Crippen LogP) is 10.3. The van der Waals surface area contributed by atoms with Crippen LogP contribution in [-0.4, -0.2) is 59.7 Å². The number of benzene rings is 7. The smallest absolute Gasteiger partial charge is 0.465 e. The standard InChI is InChI=1S/C52H41N7O8/c1-3-64-50-53-46-25-15-24-45(49(60)65-35(2)66-51(61)67-42-32-30-41(31-33-42)59(62)63)47(46)57(50)34-36-26-28-37(29-27-36)43-22-13-14-23-44(43)48-54-55-56-58(48)52(38-16-7-4-8-17-38,39-18-9-5-10-19-39)40-20-11-6-12-21-40/h4-33,35H,3,34H2,1-2H3. The van der Waals surface area contributed by atoms with Gasteiger partial charge in [-0.25, -0.2) is 14.3 Å². The molecular weight excluding hydrogens is 851 g/mol. The van der Waals surface area contributed by atoms with Crippen LogP contribution >= 0.6 is 0 Å². The summed E-state index contributed by atoms with van der Waals surface area (Å²) < 4.78 is 25.5. The maximum Gasteiger partial charge on any atom is 0.516 e. The van der Waals surface area contributed by atoms with Crippen LogP contribution in [0.25, 0.3) is 33.5 Å². The van der Waals surface area contributed by atoms with E-state index in [0.717, 1.165) is 38.9 Å². The Balaban J connectivity index is 1.01. The first-order valence-electron chi connectivity index (χ1n) is 21.3. The van der Waals surface area contributed by atoms with Gasteiger partial charge in [-0.1, -0.05) is 146 Å². The maximum atomic E-state index is 13.7. The number of rotatable bonds is 15. The number of carbonyl (C=O) groups is 2. The zero-order chi connectivity index (χ0) is 46.3. The minimum Gasteiger partial charge on any atom is -0.465 e. The number of nitrogens with zero attached hydrogens (tertiary/aromatic N) is 7. The van der Waals surface area contributed by atoms with E-state index in [-0.39, 0.29) is 23.5 Å². The third-order valence-corrected chi connectivity index (χ3v) is 11.1. The van der Waals surface area contributed by atoms with Crippen LogP contribution in [0, 0.1) is 10.1 Å². The molecule has 0 saturated heterocycles. The first kappa shape index (κ1) is 43.3. The van der Waals surface area contributed by atoms with Crippen molar-refractivity contribution in [2.45, 2.75) is 32.2 Å². The minimum atomic E-state index is -1.36. The van der Waals surface area contributed by atoms with E-state index in [9.17, 15) is 19.7 Å². The van der Waals surface area contributed by atoms with Gasteiger partial charge >= 0.3 is 12.1 Å². The first-order chi connectivity index (χ1) is 32.7. The van der Waals surface area contributed by atoms with Crippen LogP contribution in [0.5, 0.6) is 11.8 Å². The lowest BCUT2D eigenvalue weighted by molar-refractivity contribution is -0.384. The van der Waals surface area contributed by atoms with Gasteiger partial charge in [0.05, 0.1) is 34.7 Å². The molecule has 0 amide bonds. The summed E-state index contributed by atoms with van der Waals surface area (Å²) in [4.78, 5) is 41.3. The highest BCUT2D eigenvalue weighted by atomic mass is 16.8. The maximum absolute atomic E-state index is 13.7. The summed E-state index contributed by atoms with van der Waals surface area (Å²) in [5.41, 5.74) is 6.50. The highest BCUT2D eigenvalue weighted by Gasteiger charge is 2.42. The van der Waals surface area contributed by atoms with Crippen molar-refractivity contribution in [1.29, 1.82) is 0 Å². The van der Waals surface area contributed by atoms with Crippen molar-refractivity contribution in [1.82, 2.24) is 29.8 Å². The summed E-state index contributed by atoms with van der Waals surface area (Å²) in [6.45, 7) is 3.81. The number of hydrogen-bond acceptors (Lipinski definition) is 12. The van der Waals surface area contributed by atoms with Crippen molar-refractivity contribution < 1.29 is 33.5 Å². The largest absolute Gasteiger partial charge is 0.516 e. The van der Waals surface area contributed by atoms with E-state index in [1.807, 2.05) is 115 Å².